The standard InChI is InChI=1S/C13H11NO5/c1-6-10(12(15)16)11(13(17)18)8-5-7(19-2)3-4-9(8)14-6/h3-5H,1-2H3,(H,15,16)(H,17,18)/p-2. The van der Waals surface area contributed by atoms with Crippen molar-refractivity contribution in [2.75, 3.05) is 7.11 Å². The molecule has 1 aromatic heterocycles. The Kier molecular flexibility index (Phi) is 3.08. The van der Waals surface area contributed by atoms with Crippen LogP contribution in [0.2, 0.25) is 0 Å². The highest BCUT2D eigenvalue weighted by Gasteiger charge is 2.15. The number of aryl methyl sites for hydroxylation is 1. The van der Waals surface area contributed by atoms with Gasteiger partial charge in [0.2, 0.25) is 0 Å². The Morgan fingerprint density at radius 1 is 1.16 bits per heavy atom. The minimum absolute atomic E-state index is 0.0665. The van der Waals surface area contributed by atoms with Gasteiger partial charge in [-0.1, -0.05) is 0 Å². The Bertz CT molecular complexity index is 693. The molecule has 0 atom stereocenters. The topological polar surface area (TPSA) is 102 Å². The lowest BCUT2D eigenvalue weighted by atomic mass is 10.0. The lowest BCUT2D eigenvalue weighted by Gasteiger charge is -2.17. The van der Waals surface area contributed by atoms with Crippen molar-refractivity contribution in [3.63, 3.8) is 0 Å². The van der Waals surface area contributed by atoms with Gasteiger partial charge in [-0.3, -0.25) is 4.98 Å². The molecule has 19 heavy (non-hydrogen) atoms. The summed E-state index contributed by atoms with van der Waals surface area (Å²) in [6, 6.07) is 4.55. The van der Waals surface area contributed by atoms with E-state index >= 15 is 0 Å². The molecule has 0 aliphatic rings. The molecule has 1 aromatic carbocycles. The molecule has 0 saturated heterocycles. The number of carbonyl (C=O) groups is 2. The molecule has 98 valence electrons. The monoisotopic (exact) mass is 259 g/mol. The minimum Gasteiger partial charge on any atom is -0.545 e. The predicted molar refractivity (Wildman–Crippen MR) is 61.7 cm³/mol. The van der Waals surface area contributed by atoms with Crippen LogP contribution >= 0.6 is 0 Å². The zero-order chi connectivity index (χ0) is 14.2. The quantitative estimate of drug-likeness (QED) is 0.720. The van der Waals surface area contributed by atoms with Gasteiger partial charge in [-0.2, -0.15) is 0 Å². The van der Waals surface area contributed by atoms with Gasteiger partial charge in [0.15, 0.2) is 0 Å². The number of hydrogen-bond donors (Lipinski definition) is 0. The maximum absolute atomic E-state index is 11.2. The highest BCUT2D eigenvalue weighted by molar-refractivity contribution is 6.10. The Morgan fingerprint density at radius 2 is 1.79 bits per heavy atom. The van der Waals surface area contributed by atoms with E-state index in [0.29, 0.717) is 11.3 Å². The number of fused-ring (bicyclic) bond motifs is 1. The second kappa shape index (κ2) is 4.56. The molecule has 0 amide bonds. The van der Waals surface area contributed by atoms with Gasteiger partial charge in [-0.05, 0) is 25.1 Å². The summed E-state index contributed by atoms with van der Waals surface area (Å²) in [7, 11) is 1.42. The predicted octanol–water partition coefficient (Wildman–Crippen LogP) is -0.721. The molecule has 0 saturated carbocycles. The van der Waals surface area contributed by atoms with Crippen LogP contribution in [-0.4, -0.2) is 24.0 Å². The maximum atomic E-state index is 11.2. The summed E-state index contributed by atoms with van der Waals surface area (Å²) in [5.41, 5.74) is -0.499. The molecule has 0 spiro atoms. The molecule has 6 nitrogen and oxygen atoms in total. The van der Waals surface area contributed by atoms with Gasteiger partial charge in [0.05, 0.1) is 24.6 Å². The van der Waals surface area contributed by atoms with Crippen molar-refractivity contribution in [3.8, 4) is 5.75 Å². The summed E-state index contributed by atoms with van der Waals surface area (Å²) in [5.74, 6) is -2.80. The van der Waals surface area contributed by atoms with Gasteiger partial charge >= 0.3 is 0 Å². The smallest absolute Gasteiger partial charge is 0.119 e. The van der Waals surface area contributed by atoms with Gasteiger partial charge < -0.3 is 24.5 Å². The molecule has 2 aromatic rings. The number of rotatable bonds is 3. The second-order valence-corrected chi connectivity index (χ2v) is 3.91. The van der Waals surface area contributed by atoms with E-state index in [0.717, 1.165) is 0 Å². The molecule has 6 heteroatoms. The fourth-order valence-electron chi connectivity index (χ4n) is 1.95. The highest BCUT2D eigenvalue weighted by atomic mass is 16.5. The second-order valence-electron chi connectivity index (χ2n) is 3.91. The van der Waals surface area contributed by atoms with Crippen molar-refractivity contribution in [2.24, 2.45) is 0 Å². The number of ether oxygens (including phenoxy) is 1. The minimum atomic E-state index is -1.60. The highest BCUT2D eigenvalue weighted by Crippen LogP contribution is 2.26. The Labute approximate surface area is 108 Å². The van der Waals surface area contributed by atoms with Crippen LogP contribution in [0.15, 0.2) is 18.2 Å². The first-order valence-electron chi connectivity index (χ1n) is 5.36. The van der Waals surface area contributed by atoms with Gasteiger partial charge in [0.1, 0.15) is 5.75 Å². The molecular weight excluding hydrogens is 250 g/mol. The van der Waals surface area contributed by atoms with E-state index in [1.807, 2.05) is 0 Å². The Balaban J connectivity index is 2.95. The van der Waals surface area contributed by atoms with Crippen LogP contribution in [0.25, 0.3) is 10.9 Å². The largest absolute Gasteiger partial charge is 0.545 e. The van der Waals surface area contributed by atoms with Crippen molar-refractivity contribution in [1.82, 2.24) is 4.98 Å². The van der Waals surface area contributed by atoms with Crippen LogP contribution in [-0.2, 0) is 0 Å². The number of nitrogens with zero attached hydrogens (tertiary/aromatic N) is 1. The molecule has 2 rings (SSSR count). The van der Waals surface area contributed by atoms with E-state index < -0.39 is 23.1 Å². The van der Waals surface area contributed by atoms with Gasteiger partial charge in [0.25, 0.3) is 0 Å². The molecular formula is C13H9NO5-2. The summed E-state index contributed by atoms with van der Waals surface area (Å²) in [6.45, 7) is 1.40. The number of hydrogen-bond acceptors (Lipinski definition) is 6. The number of methoxy groups -OCH3 is 1. The van der Waals surface area contributed by atoms with Crippen molar-refractivity contribution >= 4 is 22.8 Å². The van der Waals surface area contributed by atoms with E-state index in [-0.39, 0.29) is 11.1 Å². The summed E-state index contributed by atoms with van der Waals surface area (Å²) < 4.78 is 4.98. The number of aromatic carboxylic acids is 2. The van der Waals surface area contributed by atoms with Crippen molar-refractivity contribution < 1.29 is 24.5 Å². The summed E-state index contributed by atoms with van der Waals surface area (Å²) in [4.78, 5) is 26.3. The molecule has 1 heterocycles. The first-order chi connectivity index (χ1) is 8.95. The van der Waals surface area contributed by atoms with Crippen molar-refractivity contribution in [2.45, 2.75) is 6.92 Å². The molecule has 0 N–H and O–H groups in total. The molecule has 0 unspecified atom stereocenters. The first kappa shape index (κ1) is 12.8. The number of carbonyl (C=O) groups excluding carboxylic acids is 2. The molecule has 0 aliphatic carbocycles. The fourth-order valence-corrected chi connectivity index (χ4v) is 1.95. The van der Waals surface area contributed by atoms with Crippen molar-refractivity contribution in [1.29, 1.82) is 0 Å². The summed E-state index contributed by atoms with van der Waals surface area (Å²) >= 11 is 0. The average Bonchev–Trinajstić information content (AvgIpc) is 2.35. The van der Waals surface area contributed by atoms with Gasteiger partial charge in [0, 0.05) is 22.2 Å². The van der Waals surface area contributed by atoms with E-state index in [9.17, 15) is 19.8 Å². The van der Waals surface area contributed by atoms with E-state index in [1.165, 1.54) is 20.1 Å². The average molecular weight is 259 g/mol. The lowest BCUT2D eigenvalue weighted by molar-refractivity contribution is -0.259. The lowest BCUT2D eigenvalue weighted by Crippen LogP contribution is -2.31. The summed E-state index contributed by atoms with van der Waals surface area (Å²) in [5, 5.41) is 22.4. The number of pyridine rings is 1. The summed E-state index contributed by atoms with van der Waals surface area (Å²) in [6.07, 6.45) is 0. The van der Waals surface area contributed by atoms with E-state index in [1.54, 1.807) is 12.1 Å². The fraction of sp³-hybridized carbons (Fsp3) is 0.154. The Morgan fingerprint density at radius 3 is 2.32 bits per heavy atom. The molecule has 0 aliphatic heterocycles. The third-order valence-electron chi connectivity index (χ3n) is 2.78. The number of carboxylic acids is 2. The normalized spacial score (nSPS) is 10.4. The zero-order valence-electron chi connectivity index (χ0n) is 10.2. The van der Waals surface area contributed by atoms with E-state index in [2.05, 4.69) is 4.98 Å². The van der Waals surface area contributed by atoms with Crippen LogP contribution in [0.1, 0.15) is 26.4 Å². The third-order valence-corrected chi connectivity index (χ3v) is 2.78. The number of benzene rings is 1. The van der Waals surface area contributed by atoms with Crippen LogP contribution in [0.3, 0.4) is 0 Å². The van der Waals surface area contributed by atoms with Gasteiger partial charge in [-0.15, -0.1) is 0 Å². The first-order valence-corrected chi connectivity index (χ1v) is 5.36. The van der Waals surface area contributed by atoms with Crippen LogP contribution < -0.4 is 14.9 Å². The zero-order valence-corrected chi connectivity index (χ0v) is 10.2. The Hall–Kier alpha value is -2.63. The third kappa shape index (κ3) is 2.08. The van der Waals surface area contributed by atoms with Gasteiger partial charge in [-0.25, -0.2) is 0 Å². The van der Waals surface area contributed by atoms with Crippen molar-refractivity contribution in [3.05, 3.63) is 35.0 Å². The van der Waals surface area contributed by atoms with Crippen LogP contribution in [0.4, 0.5) is 0 Å². The molecule has 0 fully saturated rings. The number of aromatic nitrogens is 1. The molecule has 0 radical (unpaired) electrons. The van der Waals surface area contributed by atoms with E-state index in [4.69, 9.17) is 4.74 Å². The maximum Gasteiger partial charge on any atom is 0.119 e. The van der Waals surface area contributed by atoms with Crippen LogP contribution in [0, 0.1) is 6.92 Å². The van der Waals surface area contributed by atoms with Crippen LogP contribution in [0.5, 0.6) is 5.75 Å². The SMILES string of the molecule is COc1ccc2nc(C)c(C(=O)[O-])c(C(=O)[O-])c2c1. The molecule has 0 bridgehead atoms. The number of carboxylic acid groups (broad SMARTS) is 2.